The molecule has 0 saturated heterocycles. The Morgan fingerprint density at radius 1 is 1.62 bits per heavy atom. The van der Waals surface area contributed by atoms with E-state index in [0.717, 1.165) is 17.6 Å². The SMILES string of the molecule is CC(N)Cc1cccn2nnnc12. The van der Waals surface area contributed by atoms with Gasteiger partial charge in [-0.3, -0.25) is 0 Å². The van der Waals surface area contributed by atoms with Gasteiger partial charge >= 0.3 is 0 Å². The molecule has 2 aromatic heterocycles. The summed E-state index contributed by atoms with van der Waals surface area (Å²) in [5.74, 6) is 0. The molecule has 2 aromatic rings. The average Bonchev–Trinajstić information content (AvgIpc) is 2.51. The van der Waals surface area contributed by atoms with Gasteiger partial charge in [-0.1, -0.05) is 6.07 Å². The van der Waals surface area contributed by atoms with E-state index in [9.17, 15) is 0 Å². The van der Waals surface area contributed by atoms with Gasteiger partial charge in [0.15, 0.2) is 5.65 Å². The molecule has 1 unspecified atom stereocenters. The van der Waals surface area contributed by atoms with Crippen molar-refractivity contribution in [1.29, 1.82) is 0 Å². The topological polar surface area (TPSA) is 69.1 Å². The molecule has 2 rings (SSSR count). The van der Waals surface area contributed by atoms with Crippen LogP contribution >= 0.6 is 0 Å². The van der Waals surface area contributed by atoms with Crippen molar-refractivity contribution >= 4 is 5.65 Å². The Balaban J connectivity index is 2.48. The maximum Gasteiger partial charge on any atom is 0.182 e. The van der Waals surface area contributed by atoms with E-state index in [4.69, 9.17) is 5.73 Å². The van der Waals surface area contributed by atoms with Crippen molar-refractivity contribution in [1.82, 2.24) is 20.0 Å². The first-order chi connectivity index (χ1) is 6.27. The molecule has 0 saturated carbocycles. The fraction of sp³-hybridized carbons (Fsp3) is 0.375. The van der Waals surface area contributed by atoms with E-state index in [0.29, 0.717) is 0 Å². The summed E-state index contributed by atoms with van der Waals surface area (Å²) in [4.78, 5) is 0. The third kappa shape index (κ3) is 1.50. The van der Waals surface area contributed by atoms with Gasteiger partial charge in [0.25, 0.3) is 0 Å². The van der Waals surface area contributed by atoms with Crippen molar-refractivity contribution in [2.24, 2.45) is 5.73 Å². The molecule has 5 heteroatoms. The van der Waals surface area contributed by atoms with Gasteiger partial charge in [-0.2, -0.15) is 0 Å². The Bertz CT molecular complexity index is 406. The number of hydrogen-bond acceptors (Lipinski definition) is 4. The number of hydrogen-bond donors (Lipinski definition) is 1. The lowest BCUT2D eigenvalue weighted by atomic mass is 10.1. The molecule has 1 atom stereocenters. The number of nitrogens with two attached hydrogens (primary N) is 1. The molecule has 0 aliphatic heterocycles. The zero-order valence-corrected chi connectivity index (χ0v) is 7.38. The van der Waals surface area contributed by atoms with Crippen LogP contribution in [0.3, 0.4) is 0 Å². The van der Waals surface area contributed by atoms with E-state index in [1.54, 1.807) is 4.52 Å². The monoisotopic (exact) mass is 177 g/mol. The van der Waals surface area contributed by atoms with E-state index in [2.05, 4.69) is 15.5 Å². The van der Waals surface area contributed by atoms with Gasteiger partial charge in [-0.25, -0.2) is 4.52 Å². The van der Waals surface area contributed by atoms with Crippen LogP contribution in [-0.4, -0.2) is 26.1 Å². The van der Waals surface area contributed by atoms with Crippen molar-refractivity contribution in [2.45, 2.75) is 19.4 Å². The lowest BCUT2D eigenvalue weighted by Crippen LogP contribution is -2.18. The van der Waals surface area contributed by atoms with Crippen molar-refractivity contribution in [3.05, 3.63) is 23.9 Å². The van der Waals surface area contributed by atoms with Crippen LogP contribution in [0.15, 0.2) is 18.3 Å². The fourth-order valence-electron chi connectivity index (χ4n) is 1.33. The van der Waals surface area contributed by atoms with Crippen LogP contribution in [0, 0.1) is 0 Å². The van der Waals surface area contributed by atoms with Gasteiger partial charge < -0.3 is 5.73 Å². The second-order valence-corrected chi connectivity index (χ2v) is 3.16. The molecule has 0 bridgehead atoms. The first-order valence-corrected chi connectivity index (χ1v) is 4.18. The first kappa shape index (κ1) is 8.12. The minimum absolute atomic E-state index is 0.128. The quantitative estimate of drug-likeness (QED) is 0.701. The van der Waals surface area contributed by atoms with Gasteiger partial charge in [0.2, 0.25) is 0 Å². The van der Waals surface area contributed by atoms with E-state index in [1.807, 2.05) is 25.3 Å². The van der Waals surface area contributed by atoms with Crippen molar-refractivity contribution < 1.29 is 0 Å². The average molecular weight is 177 g/mol. The Labute approximate surface area is 75.5 Å². The predicted molar refractivity (Wildman–Crippen MR) is 48.1 cm³/mol. The number of aromatic nitrogens is 4. The maximum absolute atomic E-state index is 5.71. The van der Waals surface area contributed by atoms with Gasteiger partial charge in [0, 0.05) is 17.8 Å². The lowest BCUT2D eigenvalue weighted by Gasteiger charge is -2.04. The smallest absolute Gasteiger partial charge is 0.182 e. The lowest BCUT2D eigenvalue weighted by molar-refractivity contribution is 0.736. The Kier molecular flexibility index (Phi) is 1.94. The molecule has 5 nitrogen and oxygen atoms in total. The second kappa shape index (κ2) is 3.10. The molecule has 13 heavy (non-hydrogen) atoms. The third-order valence-electron chi connectivity index (χ3n) is 1.85. The number of nitrogens with zero attached hydrogens (tertiary/aromatic N) is 4. The summed E-state index contributed by atoms with van der Waals surface area (Å²) in [6.07, 6.45) is 2.62. The summed E-state index contributed by atoms with van der Waals surface area (Å²) < 4.78 is 1.65. The Morgan fingerprint density at radius 3 is 3.23 bits per heavy atom. The Hall–Kier alpha value is -1.49. The van der Waals surface area contributed by atoms with Gasteiger partial charge in [0.1, 0.15) is 0 Å². The summed E-state index contributed by atoms with van der Waals surface area (Å²) >= 11 is 0. The van der Waals surface area contributed by atoms with Crippen LogP contribution in [0.2, 0.25) is 0 Å². The minimum Gasteiger partial charge on any atom is -0.328 e. The van der Waals surface area contributed by atoms with Crippen LogP contribution in [-0.2, 0) is 6.42 Å². The Morgan fingerprint density at radius 2 is 2.46 bits per heavy atom. The molecule has 2 heterocycles. The normalized spacial score (nSPS) is 13.4. The molecule has 0 fully saturated rings. The highest BCUT2D eigenvalue weighted by Gasteiger charge is 2.05. The highest BCUT2D eigenvalue weighted by molar-refractivity contribution is 5.45. The molecule has 68 valence electrons. The van der Waals surface area contributed by atoms with Gasteiger partial charge in [-0.15, -0.1) is 5.10 Å². The maximum atomic E-state index is 5.71. The number of tetrazole rings is 1. The van der Waals surface area contributed by atoms with Crippen molar-refractivity contribution in [2.75, 3.05) is 0 Å². The highest BCUT2D eigenvalue weighted by Crippen LogP contribution is 2.07. The number of fused-ring (bicyclic) bond motifs is 1. The summed E-state index contributed by atoms with van der Waals surface area (Å²) in [6.45, 7) is 1.97. The second-order valence-electron chi connectivity index (χ2n) is 3.16. The zero-order valence-electron chi connectivity index (χ0n) is 7.38. The molecule has 2 N–H and O–H groups in total. The van der Waals surface area contributed by atoms with Crippen LogP contribution in [0.25, 0.3) is 5.65 Å². The highest BCUT2D eigenvalue weighted by atomic mass is 15.5. The standard InChI is InChI=1S/C8H11N5/c1-6(9)5-7-3-2-4-13-8(7)10-11-12-13/h2-4,6H,5,9H2,1H3. The van der Waals surface area contributed by atoms with Crippen LogP contribution in [0.1, 0.15) is 12.5 Å². The summed E-state index contributed by atoms with van der Waals surface area (Å²) in [6, 6.07) is 4.04. The molecule has 0 radical (unpaired) electrons. The van der Waals surface area contributed by atoms with Crippen molar-refractivity contribution in [3.63, 3.8) is 0 Å². The van der Waals surface area contributed by atoms with Gasteiger partial charge in [0.05, 0.1) is 0 Å². The van der Waals surface area contributed by atoms with Crippen LogP contribution in [0.5, 0.6) is 0 Å². The molecule has 0 aliphatic carbocycles. The van der Waals surface area contributed by atoms with E-state index >= 15 is 0 Å². The summed E-state index contributed by atoms with van der Waals surface area (Å²) in [5, 5.41) is 11.3. The number of pyridine rings is 1. The minimum atomic E-state index is 0.128. The van der Waals surface area contributed by atoms with Crippen LogP contribution < -0.4 is 5.73 Å². The number of rotatable bonds is 2. The van der Waals surface area contributed by atoms with Crippen LogP contribution in [0.4, 0.5) is 0 Å². The largest absolute Gasteiger partial charge is 0.328 e. The van der Waals surface area contributed by atoms with E-state index in [-0.39, 0.29) is 6.04 Å². The summed E-state index contributed by atoms with van der Waals surface area (Å²) in [5.41, 5.74) is 7.58. The molecule has 0 spiro atoms. The molecule has 0 aliphatic rings. The molecular weight excluding hydrogens is 166 g/mol. The van der Waals surface area contributed by atoms with Gasteiger partial charge in [-0.05, 0) is 29.8 Å². The van der Waals surface area contributed by atoms with Crippen molar-refractivity contribution in [3.8, 4) is 0 Å². The predicted octanol–water partition coefficient (Wildman–Crippen LogP) is 0.0140. The zero-order chi connectivity index (χ0) is 9.26. The molecule has 0 amide bonds. The third-order valence-corrected chi connectivity index (χ3v) is 1.85. The van der Waals surface area contributed by atoms with E-state index < -0.39 is 0 Å². The van der Waals surface area contributed by atoms with E-state index in [1.165, 1.54) is 0 Å². The first-order valence-electron chi connectivity index (χ1n) is 4.18. The summed E-state index contributed by atoms with van der Waals surface area (Å²) in [7, 11) is 0. The fourth-order valence-corrected chi connectivity index (χ4v) is 1.33. The molecular formula is C8H11N5. The molecule has 0 aromatic carbocycles.